The van der Waals surface area contributed by atoms with Gasteiger partial charge < -0.3 is 10.4 Å². The summed E-state index contributed by atoms with van der Waals surface area (Å²) >= 11 is 0. The first-order valence-corrected chi connectivity index (χ1v) is 6.73. The molecule has 3 rings (SSSR count). The summed E-state index contributed by atoms with van der Waals surface area (Å²) in [4.78, 5) is 12.1. The highest BCUT2D eigenvalue weighted by molar-refractivity contribution is 5.79. The number of amides is 1. The molecule has 1 amide bonds. The average Bonchev–Trinajstić information content (AvgIpc) is 3.15. The summed E-state index contributed by atoms with van der Waals surface area (Å²) in [5.41, 5.74) is 2.22. The fourth-order valence-corrected chi connectivity index (χ4v) is 2.84. The van der Waals surface area contributed by atoms with E-state index in [4.69, 9.17) is 0 Å². The Kier molecular flexibility index (Phi) is 2.86. The number of carbonyl (C=O) groups excluding carboxylic acids is 1. The number of fused-ring (bicyclic) bond motifs is 1. The molecule has 1 saturated carbocycles. The van der Waals surface area contributed by atoms with Crippen LogP contribution in [-0.2, 0) is 11.2 Å². The highest BCUT2D eigenvalue weighted by Gasteiger charge is 2.36. The number of rotatable bonds is 3. The lowest BCUT2D eigenvalue weighted by Gasteiger charge is -2.20. The van der Waals surface area contributed by atoms with Gasteiger partial charge in [0.1, 0.15) is 0 Å². The SMILES string of the molecule is CC(C(=O)N[C@H]1c2ccccc2C[C@H]1O)C1CC1. The van der Waals surface area contributed by atoms with Crippen molar-refractivity contribution in [3.63, 3.8) is 0 Å². The molecule has 1 fully saturated rings. The Morgan fingerprint density at radius 1 is 1.39 bits per heavy atom. The van der Waals surface area contributed by atoms with Crippen LogP contribution < -0.4 is 5.32 Å². The molecule has 0 saturated heterocycles. The third kappa shape index (κ3) is 2.03. The van der Waals surface area contributed by atoms with Crippen molar-refractivity contribution in [1.82, 2.24) is 5.32 Å². The maximum absolute atomic E-state index is 12.1. The summed E-state index contributed by atoms with van der Waals surface area (Å²) in [6.07, 6.45) is 2.48. The predicted molar refractivity (Wildman–Crippen MR) is 68.9 cm³/mol. The fraction of sp³-hybridized carbons (Fsp3) is 0.533. The number of hydrogen-bond donors (Lipinski definition) is 2. The van der Waals surface area contributed by atoms with Gasteiger partial charge in [-0.25, -0.2) is 0 Å². The van der Waals surface area contributed by atoms with Gasteiger partial charge in [0, 0.05) is 12.3 Å². The molecular formula is C15H19NO2. The van der Waals surface area contributed by atoms with Crippen LogP contribution >= 0.6 is 0 Å². The summed E-state index contributed by atoms with van der Waals surface area (Å²) in [5.74, 6) is 0.710. The Morgan fingerprint density at radius 2 is 2.11 bits per heavy atom. The van der Waals surface area contributed by atoms with Crippen LogP contribution in [0.25, 0.3) is 0 Å². The lowest BCUT2D eigenvalue weighted by atomic mass is 10.0. The van der Waals surface area contributed by atoms with Crippen LogP contribution in [0.1, 0.15) is 36.9 Å². The standard InChI is InChI=1S/C15H19NO2/c1-9(10-6-7-10)15(18)16-14-12-5-3-2-4-11(12)8-13(14)17/h2-5,9-10,13-14,17H,6-8H2,1H3,(H,16,18)/t9?,13-,14+/m1/s1. The topological polar surface area (TPSA) is 49.3 Å². The second kappa shape index (κ2) is 4.39. The van der Waals surface area contributed by atoms with Crippen molar-refractivity contribution in [2.45, 2.75) is 38.3 Å². The van der Waals surface area contributed by atoms with Crippen molar-refractivity contribution >= 4 is 5.91 Å². The van der Waals surface area contributed by atoms with Gasteiger partial charge in [0.15, 0.2) is 0 Å². The summed E-state index contributed by atoms with van der Waals surface area (Å²) in [6.45, 7) is 1.99. The summed E-state index contributed by atoms with van der Waals surface area (Å²) in [7, 11) is 0. The third-order valence-corrected chi connectivity index (χ3v) is 4.24. The van der Waals surface area contributed by atoms with Crippen molar-refractivity contribution < 1.29 is 9.90 Å². The Hall–Kier alpha value is -1.35. The Bertz CT molecular complexity index is 467. The zero-order valence-corrected chi connectivity index (χ0v) is 10.6. The molecule has 18 heavy (non-hydrogen) atoms. The number of hydrogen-bond acceptors (Lipinski definition) is 2. The minimum absolute atomic E-state index is 0.0740. The quantitative estimate of drug-likeness (QED) is 0.853. The molecule has 0 radical (unpaired) electrons. The second-order valence-electron chi connectivity index (χ2n) is 5.58. The number of carbonyl (C=O) groups is 1. The summed E-state index contributed by atoms with van der Waals surface area (Å²) < 4.78 is 0. The van der Waals surface area contributed by atoms with E-state index in [1.165, 1.54) is 12.8 Å². The second-order valence-corrected chi connectivity index (χ2v) is 5.58. The first kappa shape index (κ1) is 11.7. The van der Waals surface area contributed by atoms with E-state index in [9.17, 15) is 9.90 Å². The molecule has 3 nitrogen and oxygen atoms in total. The Morgan fingerprint density at radius 3 is 2.83 bits per heavy atom. The maximum atomic E-state index is 12.1. The molecule has 0 aromatic heterocycles. The van der Waals surface area contributed by atoms with E-state index in [1.54, 1.807) is 0 Å². The van der Waals surface area contributed by atoms with Gasteiger partial charge >= 0.3 is 0 Å². The molecule has 2 aliphatic rings. The van der Waals surface area contributed by atoms with Crippen LogP contribution in [0.15, 0.2) is 24.3 Å². The molecule has 3 atom stereocenters. The molecule has 2 N–H and O–H groups in total. The van der Waals surface area contributed by atoms with Gasteiger partial charge in [0.25, 0.3) is 0 Å². The van der Waals surface area contributed by atoms with Crippen LogP contribution in [0.3, 0.4) is 0 Å². The van der Waals surface area contributed by atoms with E-state index in [2.05, 4.69) is 5.32 Å². The van der Waals surface area contributed by atoms with Gasteiger partial charge in [-0.1, -0.05) is 31.2 Å². The molecule has 0 spiro atoms. The van der Waals surface area contributed by atoms with Crippen LogP contribution in [0.4, 0.5) is 0 Å². The van der Waals surface area contributed by atoms with Crippen LogP contribution in [0.2, 0.25) is 0 Å². The predicted octanol–water partition coefficient (Wildman–Crippen LogP) is 1.81. The van der Waals surface area contributed by atoms with E-state index in [-0.39, 0.29) is 17.9 Å². The van der Waals surface area contributed by atoms with E-state index in [0.717, 1.165) is 11.1 Å². The number of benzene rings is 1. The van der Waals surface area contributed by atoms with Gasteiger partial charge in [-0.05, 0) is 29.9 Å². The van der Waals surface area contributed by atoms with E-state index in [1.807, 2.05) is 31.2 Å². The zero-order chi connectivity index (χ0) is 12.7. The van der Waals surface area contributed by atoms with Crippen molar-refractivity contribution in [2.24, 2.45) is 11.8 Å². The molecule has 1 aromatic carbocycles. The normalized spacial score (nSPS) is 27.7. The minimum Gasteiger partial charge on any atom is -0.390 e. The fourth-order valence-electron chi connectivity index (χ4n) is 2.84. The smallest absolute Gasteiger partial charge is 0.223 e. The van der Waals surface area contributed by atoms with Crippen molar-refractivity contribution in [2.75, 3.05) is 0 Å². The highest BCUT2D eigenvalue weighted by atomic mass is 16.3. The number of aliphatic hydroxyl groups is 1. The summed E-state index contributed by atoms with van der Waals surface area (Å²) in [6, 6.07) is 7.73. The molecule has 96 valence electrons. The Labute approximate surface area is 107 Å². The van der Waals surface area contributed by atoms with Gasteiger partial charge in [-0.2, -0.15) is 0 Å². The molecule has 0 bridgehead atoms. The zero-order valence-electron chi connectivity index (χ0n) is 10.6. The first-order valence-electron chi connectivity index (χ1n) is 6.73. The van der Waals surface area contributed by atoms with E-state index < -0.39 is 6.10 Å². The van der Waals surface area contributed by atoms with Crippen molar-refractivity contribution in [3.8, 4) is 0 Å². The van der Waals surface area contributed by atoms with E-state index in [0.29, 0.717) is 12.3 Å². The lowest BCUT2D eigenvalue weighted by Crippen LogP contribution is -2.37. The number of aliphatic hydroxyl groups excluding tert-OH is 1. The van der Waals surface area contributed by atoms with Crippen molar-refractivity contribution in [3.05, 3.63) is 35.4 Å². The van der Waals surface area contributed by atoms with Crippen LogP contribution in [0, 0.1) is 11.8 Å². The van der Waals surface area contributed by atoms with Crippen molar-refractivity contribution in [1.29, 1.82) is 0 Å². The van der Waals surface area contributed by atoms with Gasteiger partial charge in [-0.3, -0.25) is 4.79 Å². The number of nitrogens with one attached hydrogen (secondary N) is 1. The Balaban J connectivity index is 1.74. The maximum Gasteiger partial charge on any atom is 0.223 e. The first-order chi connectivity index (χ1) is 8.66. The summed E-state index contributed by atoms with van der Waals surface area (Å²) in [5, 5.41) is 13.1. The molecule has 0 aliphatic heterocycles. The highest BCUT2D eigenvalue weighted by Crippen LogP contribution is 2.38. The minimum atomic E-state index is -0.488. The monoisotopic (exact) mass is 245 g/mol. The molecule has 2 aliphatic carbocycles. The lowest BCUT2D eigenvalue weighted by molar-refractivity contribution is -0.126. The third-order valence-electron chi connectivity index (χ3n) is 4.24. The molecule has 0 heterocycles. The molecule has 1 aromatic rings. The van der Waals surface area contributed by atoms with Gasteiger partial charge in [0.05, 0.1) is 12.1 Å². The molecule has 3 heteroatoms. The van der Waals surface area contributed by atoms with Crippen LogP contribution in [-0.4, -0.2) is 17.1 Å². The van der Waals surface area contributed by atoms with Gasteiger partial charge in [-0.15, -0.1) is 0 Å². The average molecular weight is 245 g/mol. The van der Waals surface area contributed by atoms with Gasteiger partial charge in [0.2, 0.25) is 5.91 Å². The van der Waals surface area contributed by atoms with E-state index >= 15 is 0 Å². The largest absolute Gasteiger partial charge is 0.390 e. The molecule has 1 unspecified atom stereocenters. The molecular weight excluding hydrogens is 226 g/mol. The van der Waals surface area contributed by atoms with Crippen LogP contribution in [0.5, 0.6) is 0 Å².